The minimum atomic E-state index is -0.466. The Hall–Kier alpha value is -2.58. The van der Waals surface area contributed by atoms with Crippen molar-refractivity contribution in [1.82, 2.24) is 5.32 Å². The molecule has 3 aromatic rings. The molecule has 1 aliphatic heterocycles. The van der Waals surface area contributed by atoms with Crippen LogP contribution in [0, 0.1) is 0 Å². The van der Waals surface area contributed by atoms with Crippen LogP contribution < -0.4 is 15.5 Å². The minimum absolute atomic E-state index is 0.109. The number of nitrogens with zero attached hydrogens (tertiary/aromatic N) is 1. The molecule has 4 rings (SSSR count). The van der Waals surface area contributed by atoms with Gasteiger partial charge < -0.3 is 19.4 Å². The lowest BCUT2D eigenvalue weighted by Crippen LogP contribution is -2.36. The van der Waals surface area contributed by atoms with Crippen molar-refractivity contribution in [1.29, 1.82) is 0 Å². The number of ether oxygens (including phenoxy) is 1. The number of benzene rings is 2. The molecule has 1 amide bonds. The number of anilines is 2. The highest BCUT2D eigenvalue weighted by Crippen LogP contribution is 2.34. The Labute approximate surface area is 195 Å². The molecule has 0 bridgehead atoms. The molecular weight excluding hydrogens is 457 g/mol. The number of carbonyl (C=O) groups is 1. The maximum Gasteiger partial charge on any atom is 0.293 e. The van der Waals surface area contributed by atoms with E-state index in [9.17, 15) is 4.79 Å². The van der Waals surface area contributed by atoms with Gasteiger partial charge in [-0.05, 0) is 60.7 Å². The molecule has 2 N–H and O–H groups in total. The van der Waals surface area contributed by atoms with E-state index >= 15 is 0 Å². The standard InChI is InChI=1S/C22H19Cl2N3O3S/c23-17-3-1-2-16(20(17)24)18-8-9-19(30-18)21(28)26-22(31)25-14-4-6-15(7-5-14)27-10-12-29-13-11-27/h1-9H,10-13H2,(H2,25,26,28,31). The lowest BCUT2D eigenvalue weighted by atomic mass is 10.2. The van der Waals surface area contributed by atoms with E-state index in [0.717, 1.165) is 37.7 Å². The van der Waals surface area contributed by atoms with Crippen molar-refractivity contribution in [3.63, 3.8) is 0 Å². The van der Waals surface area contributed by atoms with Crippen molar-refractivity contribution in [2.45, 2.75) is 0 Å². The summed E-state index contributed by atoms with van der Waals surface area (Å²) in [7, 11) is 0. The third-order valence-corrected chi connectivity index (χ3v) is 5.80. The average Bonchev–Trinajstić information content (AvgIpc) is 3.27. The Balaban J connectivity index is 1.36. The molecule has 6 nitrogen and oxygen atoms in total. The summed E-state index contributed by atoms with van der Waals surface area (Å²) in [6.07, 6.45) is 0. The van der Waals surface area contributed by atoms with Crippen molar-refractivity contribution in [3.8, 4) is 11.3 Å². The topological polar surface area (TPSA) is 66.7 Å². The molecule has 0 spiro atoms. The number of carbonyl (C=O) groups excluding carboxylic acids is 1. The van der Waals surface area contributed by atoms with E-state index in [1.807, 2.05) is 24.3 Å². The molecule has 2 heterocycles. The molecule has 0 saturated carbocycles. The number of hydrogen-bond donors (Lipinski definition) is 2. The van der Waals surface area contributed by atoms with E-state index in [1.54, 1.807) is 30.3 Å². The molecule has 9 heteroatoms. The van der Waals surface area contributed by atoms with Crippen molar-refractivity contribution in [2.24, 2.45) is 0 Å². The van der Waals surface area contributed by atoms with Crippen molar-refractivity contribution < 1.29 is 13.9 Å². The van der Waals surface area contributed by atoms with Crippen LogP contribution in [0.1, 0.15) is 10.6 Å². The van der Waals surface area contributed by atoms with Crippen LogP contribution in [0.3, 0.4) is 0 Å². The fraction of sp³-hybridized carbons (Fsp3) is 0.182. The normalized spacial score (nSPS) is 13.7. The van der Waals surface area contributed by atoms with Gasteiger partial charge in [0, 0.05) is 30.0 Å². The van der Waals surface area contributed by atoms with Crippen molar-refractivity contribution in [2.75, 3.05) is 36.5 Å². The predicted molar refractivity (Wildman–Crippen MR) is 127 cm³/mol. The zero-order chi connectivity index (χ0) is 21.8. The number of halogens is 2. The smallest absolute Gasteiger partial charge is 0.293 e. The zero-order valence-corrected chi connectivity index (χ0v) is 18.7. The number of thiocarbonyl (C=S) groups is 1. The summed E-state index contributed by atoms with van der Waals surface area (Å²) >= 11 is 17.5. The highest BCUT2D eigenvalue weighted by Gasteiger charge is 2.16. The average molecular weight is 476 g/mol. The van der Waals surface area contributed by atoms with Gasteiger partial charge in [0.2, 0.25) is 0 Å². The fourth-order valence-electron chi connectivity index (χ4n) is 3.20. The Kier molecular flexibility index (Phi) is 6.77. The lowest BCUT2D eigenvalue weighted by molar-refractivity contribution is 0.0951. The van der Waals surface area contributed by atoms with E-state index in [2.05, 4.69) is 15.5 Å². The van der Waals surface area contributed by atoms with E-state index in [4.69, 9.17) is 44.6 Å². The highest BCUT2D eigenvalue weighted by molar-refractivity contribution is 7.80. The second-order valence-corrected chi connectivity index (χ2v) is 8.01. The van der Waals surface area contributed by atoms with Gasteiger partial charge in [-0.2, -0.15) is 0 Å². The second kappa shape index (κ2) is 9.70. The van der Waals surface area contributed by atoms with E-state index < -0.39 is 5.91 Å². The third-order valence-electron chi connectivity index (χ3n) is 4.78. The van der Waals surface area contributed by atoms with Crippen LogP contribution in [0.25, 0.3) is 11.3 Å². The molecule has 0 aliphatic carbocycles. The molecule has 0 unspecified atom stereocenters. The van der Waals surface area contributed by atoms with Crippen LogP contribution >= 0.6 is 35.4 Å². The maximum absolute atomic E-state index is 12.5. The van der Waals surface area contributed by atoms with Crippen LogP contribution in [-0.4, -0.2) is 37.3 Å². The van der Waals surface area contributed by atoms with Crippen LogP contribution in [0.5, 0.6) is 0 Å². The van der Waals surface area contributed by atoms with Crippen LogP contribution in [0.2, 0.25) is 10.0 Å². The molecule has 0 radical (unpaired) electrons. The quantitative estimate of drug-likeness (QED) is 0.504. The van der Waals surface area contributed by atoms with Crippen molar-refractivity contribution in [3.05, 3.63) is 70.4 Å². The van der Waals surface area contributed by atoms with Gasteiger partial charge in [-0.25, -0.2) is 0 Å². The van der Waals surface area contributed by atoms with Gasteiger partial charge in [0.05, 0.1) is 23.3 Å². The molecule has 31 heavy (non-hydrogen) atoms. The first-order valence-corrected chi connectivity index (χ1v) is 10.8. The first-order valence-electron chi connectivity index (χ1n) is 9.60. The maximum atomic E-state index is 12.5. The summed E-state index contributed by atoms with van der Waals surface area (Å²) in [5, 5.41) is 6.56. The Morgan fingerprint density at radius 3 is 2.48 bits per heavy atom. The first-order chi connectivity index (χ1) is 15.0. The minimum Gasteiger partial charge on any atom is -0.451 e. The molecule has 0 atom stereocenters. The second-order valence-electron chi connectivity index (χ2n) is 6.82. The summed E-state index contributed by atoms with van der Waals surface area (Å²) in [6, 6.07) is 16.3. The summed E-state index contributed by atoms with van der Waals surface area (Å²) in [6.45, 7) is 3.20. The first kappa shape index (κ1) is 21.6. The molecule has 1 fully saturated rings. The van der Waals surface area contributed by atoms with Gasteiger partial charge in [0.1, 0.15) is 5.76 Å². The third kappa shape index (κ3) is 5.19. The van der Waals surface area contributed by atoms with E-state index in [0.29, 0.717) is 21.4 Å². The summed E-state index contributed by atoms with van der Waals surface area (Å²) in [5.74, 6) is 0.0833. The largest absolute Gasteiger partial charge is 0.451 e. The summed E-state index contributed by atoms with van der Waals surface area (Å²) in [5.41, 5.74) is 2.49. The Morgan fingerprint density at radius 2 is 1.74 bits per heavy atom. The number of furan rings is 1. The van der Waals surface area contributed by atoms with Gasteiger partial charge in [-0.15, -0.1) is 0 Å². The van der Waals surface area contributed by atoms with Gasteiger partial charge >= 0.3 is 0 Å². The molecule has 160 valence electrons. The van der Waals surface area contributed by atoms with Crippen molar-refractivity contribution >= 4 is 57.8 Å². The van der Waals surface area contributed by atoms with E-state index in [1.165, 1.54) is 0 Å². The van der Waals surface area contributed by atoms with Gasteiger partial charge in [-0.3, -0.25) is 10.1 Å². The van der Waals surface area contributed by atoms with Crippen LogP contribution in [0.4, 0.5) is 11.4 Å². The number of amides is 1. The molecule has 1 aromatic heterocycles. The summed E-state index contributed by atoms with van der Waals surface area (Å²) in [4.78, 5) is 14.8. The summed E-state index contributed by atoms with van der Waals surface area (Å²) < 4.78 is 11.0. The van der Waals surface area contributed by atoms with Crippen LogP contribution in [-0.2, 0) is 4.74 Å². The molecule has 1 saturated heterocycles. The van der Waals surface area contributed by atoms with Crippen LogP contribution in [0.15, 0.2) is 59.0 Å². The number of morpholine rings is 1. The molecule has 1 aliphatic rings. The fourth-order valence-corrected chi connectivity index (χ4v) is 3.81. The zero-order valence-electron chi connectivity index (χ0n) is 16.4. The van der Waals surface area contributed by atoms with Gasteiger partial charge in [-0.1, -0.05) is 29.3 Å². The monoisotopic (exact) mass is 475 g/mol. The number of nitrogens with one attached hydrogen (secondary N) is 2. The number of rotatable bonds is 4. The Bertz CT molecular complexity index is 1100. The molecule has 2 aromatic carbocycles. The Morgan fingerprint density at radius 1 is 1.00 bits per heavy atom. The van der Waals surface area contributed by atoms with E-state index in [-0.39, 0.29) is 10.9 Å². The van der Waals surface area contributed by atoms with Gasteiger partial charge in [0.15, 0.2) is 10.9 Å². The highest BCUT2D eigenvalue weighted by atomic mass is 35.5. The SMILES string of the molecule is O=C(NC(=S)Nc1ccc(N2CCOCC2)cc1)c1ccc(-c2cccc(Cl)c2Cl)o1. The predicted octanol–water partition coefficient (Wildman–Crippen LogP) is 5.22. The van der Waals surface area contributed by atoms with Gasteiger partial charge in [0.25, 0.3) is 5.91 Å². The molecular formula is C22H19Cl2N3O3S. The number of hydrogen-bond acceptors (Lipinski definition) is 5. The lowest BCUT2D eigenvalue weighted by Gasteiger charge is -2.28.